The van der Waals surface area contributed by atoms with Crippen LogP contribution in [-0.2, 0) is 21.7 Å². The summed E-state index contributed by atoms with van der Waals surface area (Å²) in [5, 5.41) is 0. The molecule has 9 aromatic rings. The van der Waals surface area contributed by atoms with Gasteiger partial charge in [0, 0.05) is 17.1 Å². The fourth-order valence-electron chi connectivity index (χ4n) is 11.3. The first-order chi connectivity index (χ1) is 31.9. The number of hydrogen-bond donors (Lipinski definition) is 0. The molecule has 1 heteroatoms. The van der Waals surface area contributed by atoms with Gasteiger partial charge < -0.3 is 4.90 Å². The highest BCUT2D eigenvalue weighted by Gasteiger charge is 2.47. The Hall–Kier alpha value is -7.22. The van der Waals surface area contributed by atoms with Gasteiger partial charge in [-0.2, -0.15) is 0 Å². The molecular weight excluding hydrogens is 795 g/mol. The summed E-state index contributed by atoms with van der Waals surface area (Å²) in [4.78, 5) is 2.41. The lowest BCUT2D eigenvalue weighted by Gasteiger charge is -2.35. The van der Waals surface area contributed by atoms with E-state index >= 15 is 0 Å². The van der Waals surface area contributed by atoms with E-state index in [0.717, 1.165) is 17.1 Å². The highest BCUT2D eigenvalue weighted by atomic mass is 15.1. The summed E-state index contributed by atoms with van der Waals surface area (Å²) in [5.41, 5.74) is 22.0. The molecule has 66 heavy (non-hydrogen) atoms. The van der Waals surface area contributed by atoms with Gasteiger partial charge in [0.15, 0.2) is 0 Å². The number of anilines is 3. The second-order valence-corrected chi connectivity index (χ2v) is 20.6. The van der Waals surface area contributed by atoms with Crippen molar-refractivity contribution in [3.63, 3.8) is 0 Å². The maximum absolute atomic E-state index is 2.41. The second kappa shape index (κ2) is 15.5. The zero-order chi connectivity index (χ0) is 45.4. The van der Waals surface area contributed by atoms with Crippen molar-refractivity contribution in [3.8, 4) is 22.3 Å². The standard InChI is InChI=1S/C65H57N/c1-44-24-38-51(39-25-44)66(52-40-34-49(35-41-52)64(47-30-26-45(27-31-47)62(2,3)4)58-20-12-8-16-54(58)55-17-9-13-21-59(55)64)53-42-36-50(37-43-53)65(48-32-28-46(29-33-48)63(5,6)7)60-22-14-10-18-56(60)57-19-11-15-23-61(57)65/h8-43H,1-7H3. The molecule has 0 spiro atoms. The Labute approximate surface area is 392 Å². The summed E-state index contributed by atoms with van der Waals surface area (Å²) in [5.74, 6) is 0. The summed E-state index contributed by atoms with van der Waals surface area (Å²) in [6.07, 6.45) is 0. The summed E-state index contributed by atoms with van der Waals surface area (Å²) in [7, 11) is 0. The topological polar surface area (TPSA) is 3.24 Å². The van der Waals surface area contributed by atoms with Crippen molar-refractivity contribution in [1.29, 1.82) is 0 Å². The van der Waals surface area contributed by atoms with Crippen LogP contribution in [-0.4, -0.2) is 0 Å². The number of benzene rings is 9. The van der Waals surface area contributed by atoms with Crippen LogP contribution in [0.1, 0.15) is 103 Å². The van der Waals surface area contributed by atoms with Crippen LogP contribution < -0.4 is 4.90 Å². The third-order valence-corrected chi connectivity index (χ3v) is 14.7. The van der Waals surface area contributed by atoms with Gasteiger partial charge >= 0.3 is 0 Å². The molecule has 0 aromatic heterocycles. The lowest BCUT2D eigenvalue weighted by atomic mass is 9.67. The largest absolute Gasteiger partial charge is 0.311 e. The van der Waals surface area contributed by atoms with Crippen LogP contribution in [0, 0.1) is 6.92 Å². The predicted octanol–water partition coefficient (Wildman–Crippen LogP) is 16.8. The lowest BCUT2D eigenvalue weighted by Crippen LogP contribution is -2.29. The van der Waals surface area contributed by atoms with E-state index in [1.54, 1.807) is 0 Å². The zero-order valence-electron chi connectivity index (χ0n) is 39.2. The fraction of sp³-hybridized carbons (Fsp3) is 0.169. The minimum Gasteiger partial charge on any atom is -0.311 e. The zero-order valence-corrected chi connectivity index (χ0v) is 39.2. The number of aryl methyl sites for hydroxylation is 1. The van der Waals surface area contributed by atoms with Crippen LogP contribution in [0.4, 0.5) is 17.1 Å². The lowest BCUT2D eigenvalue weighted by molar-refractivity contribution is 0.589. The number of rotatable bonds is 7. The molecule has 9 aromatic carbocycles. The Morgan fingerprint density at radius 1 is 0.288 bits per heavy atom. The van der Waals surface area contributed by atoms with Crippen molar-refractivity contribution < 1.29 is 0 Å². The molecule has 0 heterocycles. The molecule has 0 atom stereocenters. The summed E-state index contributed by atoms with van der Waals surface area (Å²) < 4.78 is 0. The van der Waals surface area contributed by atoms with Gasteiger partial charge in [-0.05, 0) is 132 Å². The van der Waals surface area contributed by atoms with E-state index in [1.807, 2.05) is 0 Å². The van der Waals surface area contributed by atoms with E-state index < -0.39 is 10.8 Å². The summed E-state index contributed by atoms with van der Waals surface area (Å²) in [6.45, 7) is 15.9. The number of nitrogens with zero attached hydrogens (tertiary/aromatic N) is 1. The van der Waals surface area contributed by atoms with E-state index in [4.69, 9.17) is 0 Å². The Morgan fingerprint density at radius 2 is 0.530 bits per heavy atom. The first kappa shape index (κ1) is 41.5. The Bertz CT molecular complexity index is 2940. The molecule has 2 aliphatic rings. The van der Waals surface area contributed by atoms with E-state index in [1.165, 1.54) is 83.5 Å². The first-order valence-electron chi connectivity index (χ1n) is 23.6. The van der Waals surface area contributed by atoms with Crippen LogP contribution in [0.2, 0.25) is 0 Å². The van der Waals surface area contributed by atoms with E-state index in [0.29, 0.717) is 0 Å². The maximum Gasteiger partial charge on any atom is 0.0713 e. The van der Waals surface area contributed by atoms with Crippen molar-refractivity contribution >= 4 is 17.1 Å². The number of fused-ring (bicyclic) bond motifs is 6. The molecular formula is C65H57N. The number of hydrogen-bond acceptors (Lipinski definition) is 1. The molecule has 0 unspecified atom stereocenters. The van der Waals surface area contributed by atoms with Crippen molar-refractivity contribution in [2.75, 3.05) is 4.90 Å². The van der Waals surface area contributed by atoms with Crippen molar-refractivity contribution in [1.82, 2.24) is 0 Å². The predicted molar refractivity (Wildman–Crippen MR) is 278 cm³/mol. The summed E-state index contributed by atoms with van der Waals surface area (Å²) >= 11 is 0. The van der Waals surface area contributed by atoms with Gasteiger partial charge in [-0.15, -0.1) is 0 Å². The molecule has 322 valence electrons. The van der Waals surface area contributed by atoms with Crippen LogP contribution in [0.15, 0.2) is 218 Å². The molecule has 0 saturated carbocycles. The molecule has 11 rings (SSSR count). The van der Waals surface area contributed by atoms with Crippen molar-refractivity contribution in [3.05, 3.63) is 280 Å². The Morgan fingerprint density at radius 3 is 0.803 bits per heavy atom. The van der Waals surface area contributed by atoms with Gasteiger partial charge in [-0.25, -0.2) is 0 Å². The molecule has 0 amide bonds. The quantitative estimate of drug-likeness (QED) is 0.154. The van der Waals surface area contributed by atoms with E-state index in [9.17, 15) is 0 Å². The van der Waals surface area contributed by atoms with Gasteiger partial charge in [-0.1, -0.05) is 229 Å². The van der Waals surface area contributed by atoms with Crippen LogP contribution in [0.5, 0.6) is 0 Å². The van der Waals surface area contributed by atoms with Crippen molar-refractivity contribution in [2.24, 2.45) is 0 Å². The van der Waals surface area contributed by atoms with Gasteiger partial charge in [-0.3, -0.25) is 0 Å². The SMILES string of the molecule is Cc1ccc(N(c2ccc(C3(c4ccc(C(C)(C)C)cc4)c4ccccc4-c4ccccc43)cc2)c2ccc(C3(c4ccc(C(C)(C)C)cc4)c4ccccc4-c4ccccc43)cc2)cc1. The van der Waals surface area contributed by atoms with Gasteiger partial charge in [0.25, 0.3) is 0 Å². The van der Waals surface area contributed by atoms with E-state index in [2.05, 4.69) is 272 Å². The molecule has 0 radical (unpaired) electrons. The molecule has 0 N–H and O–H groups in total. The van der Waals surface area contributed by atoms with Gasteiger partial charge in [0.1, 0.15) is 0 Å². The Balaban J connectivity index is 1.06. The first-order valence-corrected chi connectivity index (χ1v) is 23.6. The average molecular weight is 852 g/mol. The average Bonchev–Trinajstić information content (AvgIpc) is 3.81. The molecule has 0 aliphatic heterocycles. The highest BCUT2D eigenvalue weighted by molar-refractivity contribution is 5.88. The smallest absolute Gasteiger partial charge is 0.0713 e. The van der Waals surface area contributed by atoms with Crippen LogP contribution >= 0.6 is 0 Å². The van der Waals surface area contributed by atoms with Gasteiger partial charge in [0.05, 0.1) is 10.8 Å². The monoisotopic (exact) mass is 851 g/mol. The minimum atomic E-state index is -0.480. The third kappa shape index (κ3) is 6.35. The minimum absolute atomic E-state index is 0.0564. The second-order valence-electron chi connectivity index (χ2n) is 20.6. The highest BCUT2D eigenvalue weighted by Crippen LogP contribution is 2.58. The molecule has 2 aliphatic carbocycles. The van der Waals surface area contributed by atoms with Crippen molar-refractivity contribution in [2.45, 2.75) is 70.1 Å². The molecule has 0 saturated heterocycles. The fourth-order valence-corrected chi connectivity index (χ4v) is 11.3. The molecule has 0 fully saturated rings. The Kier molecular flexibility index (Phi) is 9.71. The van der Waals surface area contributed by atoms with Crippen LogP contribution in [0.3, 0.4) is 0 Å². The van der Waals surface area contributed by atoms with Gasteiger partial charge in [0.2, 0.25) is 0 Å². The normalized spacial score (nSPS) is 14.2. The molecule has 0 bridgehead atoms. The summed E-state index contributed by atoms with van der Waals surface area (Å²) in [6, 6.07) is 82.7. The van der Waals surface area contributed by atoms with Crippen LogP contribution in [0.25, 0.3) is 22.3 Å². The van der Waals surface area contributed by atoms with E-state index in [-0.39, 0.29) is 10.8 Å². The third-order valence-electron chi connectivity index (χ3n) is 14.7. The maximum atomic E-state index is 2.41. The molecule has 1 nitrogen and oxygen atoms in total.